The highest BCUT2D eigenvalue weighted by Crippen LogP contribution is 2.27. The third kappa shape index (κ3) is 4.49. The highest BCUT2D eigenvalue weighted by Gasteiger charge is 2.19. The number of aryl methyl sites for hydroxylation is 1. The van der Waals surface area contributed by atoms with E-state index in [2.05, 4.69) is 5.32 Å². The number of anilines is 1. The van der Waals surface area contributed by atoms with E-state index in [0.29, 0.717) is 26.0 Å². The largest absolute Gasteiger partial charge is 0.462 e. The van der Waals surface area contributed by atoms with Crippen molar-refractivity contribution in [1.29, 1.82) is 0 Å². The Labute approximate surface area is 169 Å². The third-order valence-electron chi connectivity index (χ3n) is 3.69. The topological polar surface area (TPSA) is 86.6 Å². The molecule has 3 rings (SSSR count). The van der Waals surface area contributed by atoms with Gasteiger partial charge in [-0.25, -0.2) is 9.59 Å². The molecule has 9 heteroatoms. The van der Waals surface area contributed by atoms with Crippen LogP contribution in [0.1, 0.15) is 31.8 Å². The molecule has 3 aromatic rings. The van der Waals surface area contributed by atoms with Gasteiger partial charge in [-0.3, -0.25) is 4.79 Å². The van der Waals surface area contributed by atoms with Crippen molar-refractivity contribution in [3.63, 3.8) is 0 Å². The highest BCUT2D eigenvalue weighted by molar-refractivity contribution is 7.18. The van der Waals surface area contributed by atoms with Crippen LogP contribution >= 0.6 is 22.7 Å². The summed E-state index contributed by atoms with van der Waals surface area (Å²) in [6.45, 7) is 3.35. The SMILES string of the molecule is CCOC(=O)c1sc(NC(=O)COC(=O)c2sccc2-n2cccc2)cc1C. The molecule has 3 aromatic heterocycles. The van der Waals surface area contributed by atoms with Crippen LogP contribution in [0.25, 0.3) is 5.69 Å². The maximum Gasteiger partial charge on any atom is 0.350 e. The maximum atomic E-state index is 12.3. The molecule has 0 spiro atoms. The number of esters is 2. The van der Waals surface area contributed by atoms with E-state index < -0.39 is 24.5 Å². The van der Waals surface area contributed by atoms with Gasteiger partial charge in [0.1, 0.15) is 9.75 Å². The summed E-state index contributed by atoms with van der Waals surface area (Å²) in [6, 6.07) is 7.20. The molecule has 3 heterocycles. The molecule has 0 saturated carbocycles. The van der Waals surface area contributed by atoms with Crippen molar-refractivity contribution < 1.29 is 23.9 Å². The number of nitrogens with one attached hydrogen (secondary N) is 1. The number of aromatic nitrogens is 1. The second kappa shape index (κ2) is 8.85. The number of amides is 1. The zero-order chi connectivity index (χ0) is 20.1. The Kier molecular flexibility index (Phi) is 6.27. The van der Waals surface area contributed by atoms with Gasteiger partial charge in [-0.05, 0) is 49.1 Å². The van der Waals surface area contributed by atoms with E-state index in [1.807, 2.05) is 30.6 Å². The second-order valence-electron chi connectivity index (χ2n) is 5.69. The lowest BCUT2D eigenvalue weighted by Gasteiger charge is -2.06. The van der Waals surface area contributed by atoms with Crippen molar-refractivity contribution in [2.45, 2.75) is 13.8 Å². The summed E-state index contributed by atoms with van der Waals surface area (Å²) < 4.78 is 11.9. The lowest BCUT2D eigenvalue weighted by Crippen LogP contribution is -2.20. The zero-order valence-electron chi connectivity index (χ0n) is 15.3. The lowest BCUT2D eigenvalue weighted by molar-refractivity contribution is -0.119. The van der Waals surface area contributed by atoms with E-state index in [4.69, 9.17) is 9.47 Å². The molecule has 0 bridgehead atoms. The van der Waals surface area contributed by atoms with Gasteiger partial charge in [0, 0.05) is 12.4 Å². The van der Waals surface area contributed by atoms with Gasteiger partial charge in [0.05, 0.1) is 17.3 Å². The van der Waals surface area contributed by atoms with Crippen LogP contribution in [0.4, 0.5) is 5.00 Å². The number of hydrogen-bond acceptors (Lipinski definition) is 7. The Bertz CT molecular complexity index is 988. The number of rotatable bonds is 7. The molecule has 0 unspecified atom stereocenters. The molecule has 28 heavy (non-hydrogen) atoms. The van der Waals surface area contributed by atoms with Crippen molar-refractivity contribution >= 4 is 45.5 Å². The second-order valence-corrected chi connectivity index (χ2v) is 7.66. The van der Waals surface area contributed by atoms with E-state index in [1.165, 1.54) is 11.3 Å². The van der Waals surface area contributed by atoms with Crippen molar-refractivity contribution in [3.8, 4) is 5.69 Å². The molecule has 146 valence electrons. The minimum atomic E-state index is -0.566. The smallest absolute Gasteiger partial charge is 0.350 e. The van der Waals surface area contributed by atoms with Gasteiger partial charge in [0.25, 0.3) is 5.91 Å². The van der Waals surface area contributed by atoms with Crippen molar-refractivity contribution in [3.05, 3.63) is 57.4 Å². The van der Waals surface area contributed by atoms with Crippen LogP contribution in [-0.2, 0) is 14.3 Å². The zero-order valence-corrected chi connectivity index (χ0v) is 16.9. The number of ether oxygens (including phenoxy) is 2. The Morgan fingerprint density at radius 2 is 1.82 bits per heavy atom. The lowest BCUT2D eigenvalue weighted by atomic mass is 10.3. The first-order valence-corrected chi connectivity index (χ1v) is 10.1. The molecule has 0 fully saturated rings. The Morgan fingerprint density at radius 3 is 2.54 bits per heavy atom. The molecule has 0 aromatic carbocycles. The predicted octanol–water partition coefficient (Wildman–Crippen LogP) is 3.88. The van der Waals surface area contributed by atoms with E-state index in [-0.39, 0.29) is 6.61 Å². The van der Waals surface area contributed by atoms with E-state index in [0.717, 1.165) is 11.3 Å². The Hall–Kier alpha value is -2.91. The van der Waals surface area contributed by atoms with Crippen LogP contribution < -0.4 is 5.32 Å². The average molecular weight is 418 g/mol. The van der Waals surface area contributed by atoms with Gasteiger partial charge < -0.3 is 19.4 Å². The van der Waals surface area contributed by atoms with Crippen LogP contribution in [-0.4, -0.2) is 35.6 Å². The molecule has 1 N–H and O–H groups in total. The van der Waals surface area contributed by atoms with Gasteiger partial charge >= 0.3 is 11.9 Å². The quantitative estimate of drug-likeness (QED) is 0.589. The van der Waals surface area contributed by atoms with Crippen LogP contribution in [0, 0.1) is 6.92 Å². The average Bonchev–Trinajstić information content (AvgIpc) is 3.40. The molecule has 0 aliphatic heterocycles. The summed E-state index contributed by atoms with van der Waals surface area (Å²) in [5.74, 6) is -1.47. The minimum absolute atomic E-state index is 0.279. The molecule has 0 atom stereocenters. The van der Waals surface area contributed by atoms with Crippen molar-refractivity contribution in [2.75, 3.05) is 18.5 Å². The standard InChI is InChI=1S/C19H18N2O5S2/c1-3-25-18(23)16-12(2)10-15(28-16)20-14(22)11-26-19(24)17-13(6-9-27-17)21-7-4-5-8-21/h4-10H,3,11H2,1-2H3,(H,20,22). The van der Waals surface area contributed by atoms with Crippen LogP contribution in [0.2, 0.25) is 0 Å². The molecule has 0 aliphatic rings. The Morgan fingerprint density at radius 1 is 1.11 bits per heavy atom. The van der Waals surface area contributed by atoms with Crippen molar-refractivity contribution in [1.82, 2.24) is 4.57 Å². The fourth-order valence-electron chi connectivity index (χ4n) is 2.47. The van der Waals surface area contributed by atoms with E-state index >= 15 is 0 Å². The summed E-state index contributed by atoms with van der Waals surface area (Å²) in [4.78, 5) is 37.1. The minimum Gasteiger partial charge on any atom is -0.462 e. The van der Waals surface area contributed by atoms with Gasteiger partial charge in [-0.1, -0.05) is 0 Å². The molecule has 1 amide bonds. The number of carbonyl (C=O) groups excluding carboxylic acids is 3. The van der Waals surface area contributed by atoms with E-state index in [9.17, 15) is 14.4 Å². The normalized spacial score (nSPS) is 10.5. The third-order valence-corrected chi connectivity index (χ3v) is 5.70. The molecule has 0 aliphatic carbocycles. The van der Waals surface area contributed by atoms with Gasteiger partial charge in [-0.15, -0.1) is 22.7 Å². The molecule has 7 nitrogen and oxygen atoms in total. The molecular formula is C19H18N2O5S2. The predicted molar refractivity (Wildman–Crippen MR) is 108 cm³/mol. The molecule has 0 saturated heterocycles. The number of thiophene rings is 2. The summed E-state index contributed by atoms with van der Waals surface area (Å²) in [7, 11) is 0. The van der Waals surface area contributed by atoms with Gasteiger partial charge in [0.2, 0.25) is 0 Å². The first-order valence-electron chi connectivity index (χ1n) is 8.45. The molecular weight excluding hydrogens is 400 g/mol. The maximum absolute atomic E-state index is 12.3. The monoisotopic (exact) mass is 418 g/mol. The summed E-state index contributed by atoms with van der Waals surface area (Å²) >= 11 is 2.37. The van der Waals surface area contributed by atoms with Gasteiger partial charge in [-0.2, -0.15) is 0 Å². The van der Waals surface area contributed by atoms with Crippen LogP contribution in [0.5, 0.6) is 0 Å². The van der Waals surface area contributed by atoms with Gasteiger partial charge in [0.15, 0.2) is 6.61 Å². The fourth-order valence-corrected chi connectivity index (χ4v) is 4.23. The van der Waals surface area contributed by atoms with Crippen LogP contribution in [0.15, 0.2) is 42.0 Å². The summed E-state index contributed by atoms with van der Waals surface area (Å²) in [5.41, 5.74) is 1.42. The highest BCUT2D eigenvalue weighted by atomic mass is 32.1. The summed E-state index contributed by atoms with van der Waals surface area (Å²) in [6.07, 6.45) is 3.65. The first kappa shape index (κ1) is 19.8. The number of nitrogens with zero attached hydrogens (tertiary/aromatic N) is 1. The number of hydrogen-bond donors (Lipinski definition) is 1. The first-order chi connectivity index (χ1) is 13.5. The fraction of sp³-hybridized carbons (Fsp3) is 0.211. The Balaban J connectivity index is 1.58. The molecule has 0 radical (unpaired) electrons. The number of carbonyl (C=O) groups is 3. The van der Waals surface area contributed by atoms with Crippen molar-refractivity contribution in [2.24, 2.45) is 0 Å². The van der Waals surface area contributed by atoms with E-state index in [1.54, 1.807) is 29.9 Å². The van der Waals surface area contributed by atoms with Crippen LogP contribution in [0.3, 0.4) is 0 Å². The summed E-state index contributed by atoms with van der Waals surface area (Å²) in [5, 5.41) is 4.92.